The van der Waals surface area contributed by atoms with Gasteiger partial charge in [0.15, 0.2) is 5.11 Å². The molecule has 0 saturated carbocycles. The van der Waals surface area contributed by atoms with Crippen LogP contribution in [0, 0.1) is 10.1 Å². The topological polar surface area (TPSA) is 144 Å². The first kappa shape index (κ1) is 21.1. The number of nitro groups is 1. The fourth-order valence-corrected chi connectivity index (χ4v) is 2.92. The minimum atomic E-state index is -0.856. The molecule has 0 unspecified atom stereocenters. The van der Waals surface area contributed by atoms with Gasteiger partial charge in [0.2, 0.25) is 0 Å². The van der Waals surface area contributed by atoms with Gasteiger partial charge in [-0.2, -0.15) is 0 Å². The number of amides is 2. The number of carbonyl (C=O) groups excluding carboxylic acids is 2. The summed E-state index contributed by atoms with van der Waals surface area (Å²) in [5, 5.41) is 13.2. The lowest BCUT2D eigenvalue weighted by molar-refractivity contribution is -0.384. The highest BCUT2D eigenvalue weighted by atomic mass is 79.9. The van der Waals surface area contributed by atoms with Gasteiger partial charge in [0.05, 0.1) is 4.92 Å². The summed E-state index contributed by atoms with van der Waals surface area (Å²) < 4.78 is 5.84. The van der Waals surface area contributed by atoms with Crippen molar-refractivity contribution in [2.24, 2.45) is 0 Å². The Balaban J connectivity index is 1.65. The van der Waals surface area contributed by atoms with Crippen LogP contribution in [0.4, 0.5) is 5.69 Å². The zero-order chi connectivity index (χ0) is 21.8. The van der Waals surface area contributed by atoms with Crippen molar-refractivity contribution in [3.63, 3.8) is 0 Å². The molecule has 0 aliphatic rings. The second-order valence-corrected chi connectivity index (χ2v) is 7.12. The largest absolute Gasteiger partial charge is 0.422 e. The summed E-state index contributed by atoms with van der Waals surface area (Å²) in [5.74, 6) is -1.56. The van der Waals surface area contributed by atoms with Crippen LogP contribution in [-0.4, -0.2) is 21.9 Å². The smallest absolute Gasteiger partial charge is 0.349 e. The summed E-state index contributed by atoms with van der Waals surface area (Å²) in [6, 6.07) is 11.3. The van der Waals surface area contributed by atoms with Crippen LogP contribution in [0.15, 0.2) is 62.2 Å². The lowest BCUT2D eigenvalue weighted by atomic mass is 10.2. The predicted molar refractivity (Wildman–Crippen MR) is 114 cm³/mol. The average Bonchev–Trinajstić information content (AvgIpc) is 2.71. The van der Waals surface area contributed by atoms with Gasteiger partial charge in [0.1, 0.15) is 11.1 Å². The molecule has 2 aromatic carbocycles. The maximum atomic E-state index is 12.3. The van der Waals surface area contributed by atoms with E-state index < -0.39 is 22.4 Å². The molecule has 0 radical (unpaired) electrons. The normalized spacial score (nSPS) is 10.3. The molecule has 0 aliphatic heterocycles. The number of nitrogens with zero attached hydrogens (tertiary/aromatic N) is 1. The molecule has 3 N–H and O–H groups in total. The van der Waals surface area contributed by atoms with Crippen molar-refractivity contribution in [1.29, 1.82) is 0 Å². The lowest BCUT2D eigenvalue weighted by Gasteiger charge is -2.10. The Morgan fingerprint density at radius 3 is 2.57 bits per heavy atom. The van der Waals surface area contributed by atoms with Gasteiger partial charge in [-0.25, -0.2) is 4.79 Å². The van der Waals surface area contributed by atoms with Gasteiger partial charge in [-0.1, -0.05) is 22.0 Å². The third-order valence-electron chi connectivity index (χ3n) is 3.77. The monoisotopic (exact) mass is 490 g/mol. The van der Waals surface area contributed by atoms with E-state index in [0.29, 0.717) is 11.0 Å². The highest BCUT2D eigenvalue weighted by molar-refractivity contribution is 9.10. The molecule has 0 aliphatic carbocycles. The van der Waals surface area contributed by atoms with E-state index >= 15 is 0 Å². The SMILES string of the molecule is O=C(NNC(=S)NC(=O)c1cc2cc(Br)ccc2oc1=O)c1cccc([N+](=O)[O-])c1. The van der Waals surface area contributed by atoms with E-state index in [9.17, 15) is 24.5 Å². The van der Waals surface area contributed by atoms with E-state index in [2.05, 4.69) is 32.1 Å². The van der Waals surface area contributed by atoms with E-state index in [1.54, 1.807) is 18.2 Å². The lowest BCUT2D eigenvalue weighted by Crippen LogP contribution is -2.49. The second kappa shape index (κ2) is 8.80. The molecular weight excluding hydrogens is 480 g/mol. The molecule has 3 aromatic rings. The third kappa shape index (κ3) is 4.85. The van der Waals surface area contributed by atoms with Gasteiger partial charge >= 0.3 is 5.63 Å². The van der Waals surface area contributed by atoms with Crippen LogP contribution in [0.3, 0.4) is 0 Å². The fraction of sp³-hybridized carbons (Fsp3) is 0. The molecule has 0 atom stereocenters. The first-order valence-electron chi connectivity index (χ1n) is 8.14. The van der Waals surface area contributed by atoms with E-state index in [-0.39, 0.29) is 21.9 Å². The van der Waals surface area contributed by atoms with Crippen LogP contribution in [0.1, 0.15) is 20.7 Å². The van der Waals surface area contributed by atoms with Gasteiger partial charge in [0.25, 0.3) is 17.5 Å². The van der Waals surface area contributed by atoms with Crippen molar-refractivity contribution in [3.05, 3.63) is 84.7 Å². The summed E-state index contributed by atoms with van der Waals surface area (Å²) in [4.78, 5) is 46.6. The minimum absolute atomic E-state index is 0.00609. The van der Waals surface area contributed by atoms with E-state index in [4.69, 9.17) is 16.6 Å². The van der Waals surface area contributed by atoms with E-state index in [0.717, 1.165) is 10.5 Å². The Morgan fingerprint density at radius 1 is 1.07 bits per heavy atom. The number of rotatable bonds is 3. The van der Waals surface area contributed by atoms with E-state index in [1.165, 1.54) is 24.3 Å². The Labute approximate surface area is 181 Å². The van der Waals surface area contributed by atoms with Crippen LogP contribution in [0.25, 0.3) is 11.0 Å². The number of halogens is 1. The highest BCUT2D eigenvalue weighted by Gasteiger charge is 2.16. The number of fused-ring (bicyclic) bond motifs is 1. The Morgan fingerprint density at radius 2 is 1.83 bits per heavy atom. The Hall–Kier alpha value is -3.64. The molecule has 1 aromatic heterocycles. The third-order valence-corrected chi connectivity index (χ3v) is 4.47. The molecule has 0 spiro atoms. The van der Waals surface area contributed by atoms with Gasteiger partial charge in [-0.15, -0.1) is 0 Å². The van der Waals surface area contributed by atoms with Crippen molar-refractivity contribution < 1.29 is 18.9 Å². The average molecular weight is 491 g/mol. The summed E-state index contributed by atoms with van der Waals surface area (Å²) in [7, 11) is 0. The van der Waals surface area contributed by atoms with Crippen LogP contribution < -0.4 is 21.8 Å². The van der Waals surface area contributed by atoms with Crippen molar-refractivity contribution in [2.75, 3.05) is 0 Å². The summed E-state index contributed by atoms with van der Waals surface area (Å²) in [6.07, 6.45) is 0. The molecule has 10 nitrogen and oxygen atoms in total. The fourth-order valence-electron chi connectivity index (χ4n) is 2.40. The Bertz CT molecular complexity index is 1260. The standard InChI is InChI=1S/C18H11BrN4O6S/c19-11-4-5-14-10(6-11)8-13(17(26)29-14)16(25)20-18(30)22-21-15(24)9-2-1-3-12(7-9)23(27)28/h1-8H,(H,21,24)(H2,20,22,25,30). The molecule has 30 heavy (non-hydrogen) atoms. The van der Waals surface area contributed by atoms with Gasteiger partial charge in [0, 0.05) is 27.6 Å². The number of benzene rings is 2. The zero-order valence-electron chi connectivity index (χ0n) is 14.8. The number of nitro benzene ring substituents is 1. The van der Waals surface area contributed by atoms with Gasteiger partial charge < -0.3 is 4.42 Å². The summed E-state index contributed by atoms with van der Waals surface area (Å²) >= 11 is 8.21. The van der Waals surface area contributed by atoms with Crippen molar-refractivity contribution in [2.45, 2.75) is 0 Å². The van der Waals surface area contributed by atoms with Gasteiger partial charge in [-0.3, -0.25) is 35.9 Å². The summed E-state index contributed by atoms with van der Waals surface area (Å²) in [5.41, 5.74) is 3.41. The second-order valence-electron chi connectivity index (χ2n) is 5.80. The van der Waals surface area contributed by atoms with Crippen LogP contribution in [0.5, 0.6) is 0 Å². The maximum absolute atomic E-state index is 12.3. The van der Waals surface area contributed by atoms with Crippen LogP contribution in [0.2, 0.25) is 0 Å². The Kier molecular flexibility index (Phi) is 6.18. The number of thiocarbonyl (C=S) groups is 1. The van der Waals surface area contributed by atoms with Crippen LogP contribution >= 0.6 is 28.1 Å². The number of non-ortho nitro benzene ring substituents is 1. The molecule has 0 saturated heterocycles. The van der Waals surface area contributed by atoms with Crippen LogP contribution in [-0.2, 0) is 0 Å². The molecule has 0 fully saturated rings. The molecule has 2 amide bonds. The van der Waals surface area contributed by atoms with Crippen molar-refractivity contribution in [1.82, 2.24) is 16.2 Å². The maximum Gasteiger partial charge on any atom is 0.349 e. The number of carbonyl (C=O) groups is 2. The van der Waals surface area contributed by atoms with Gasteiger partial charge in [-0.05, 0) is 42.5 Å². The first-order chi connectivity index (χ1) is 14.2. The zero-order valence-corrected chi connectivity index (χ0v) is 17.2. The number of nitrogens with one attached hydrogen (secondary N) is 3. The summed E-state index contributed by atoms with van der Waals surface area (Å²) in [6.45, 7) is 0. The molecular formula is C18H11BrN4O6S. The van der Waals surface area contributed by atoms with Crippen molar-refractivity contribution >= 4 is 61.7 Å². The molecule has 3 rings (SSSR count). The first-order valence-corrected chi connectivity index (χ1v) is 9.34. The molecule has 12 heteroatoms. The minimum Gasteiger partial charge on any atom is -0.422 e. The number of hydrogen-bond donors (Lipinski definition) is 3. The van der Waals surface area contributed by atoms with E-state index in [1.807, 2.05) is 0 Å². The predicted octanol–water partition coefficient (Wildman–Crippen LogP) is 2.41. The molecule has 0 bridgehead atoms. The molecule has 1 heterocycles. The molecule has 152 valence electrons. The van der Waals surface area contributed by atoms with Crippen molar-refractivity contribution in [3.8, 4) is 0 Å². The number of hydrazine groups is 1. The number of hydrogen-bond acceptors (Lipinski definition) is 7. The highest BCUT2D eigenvalue weighted by Crippen LogP contribution is 2.19. The quantitative estimate of drug-likeness (QED) is 0.219.